The van der Waals surface area contributed by atoms with Crippen LogP contribution in [0.15, 0.2) is 60.8 Å². The molecule has 0 bridgehead atoms. The molecule has 8 nitrogen and oxygen atoms in total. The molecule has 0 N–H and O–H groups in total. The number of amides is 2. The van der Waals surface area contributed by atoms with E-state index in [4.69, 9.17) is 4.74 Å². The number of carbonyl (C=O) groups excluding carboxylic acids is 3. The van der Waals surface area contributed by atoms with Gasteiger partial charge in [-0.25, -0.2) is 9.48 Å². The average molecular weight is 489 g/mol. The zero-order valence-electron chi connectivity index (χ0n) is 20.9. The Hall–Kier alpha value is -3.94. The summed E-state index contributed by atoms with van der Waals surface area (Å²) in [6, 6.07) is 17.4. The van der Waals surface area contributed by atoms with E-state index in [0.29, 0.717) is 56.0 Å². The van der Waals surface area contributed by atoms with Gasteiger partial charge in [0.1, 0.15) is 5.56 Å². The van der Waals surface area contributed by atoms with Crippen molar-refractivity contribution >= 4 is 17.8 Å². The third-order valence-corrected chi connectivity index (χ3v) is 6.48. The molecule has 0 unspecified atom stereocenters. The highest BCUT2D eigenvalue weighted by Crippen LogP contribution is 2.17. The van der Waals surface area contributed by atoms with Crippen LogP contribution in [0.3, 0.4) is 0 Å². The second-order valence-electron chi connectivity index (χ2n) is 8.83. The van der Waals surface area contributed by atoms with Gasteiger partial charge in [-0.15, -0.1) is 0 Å². The van der Waals surface area contributed by atoms with Crippen LogP contribution >= 0.6 is 0 Å². The lowest BCUT2D eigenvalue weighted by Crippen LogP contribution is -2.50. The van der Waals surface area contributed by atoms with Crippen molar-refractivity contribution in [2.75, 3.05) is 32.8 Å². The number of rotatable bonds is 8. The fourth-order valence-electron chi connectivity index (χ4n) is 4.41. The van der Waals surface area contributed by atoms with Gasteiger partial charge in [0.25, 0.3) is 5.91 Å². The van der Waals surface area contributed by atoms with Crippen molar-refractivity contribution in [3.8, 4) is 5.69 Å². The number of aryl methyl sites for hydroxylation is 1. The molecule has 8 heteroatoms. The Labute approximate surface area is 211 Å². The standard InChI is InChI=1S/C28H32N4O4/c1-3-36-28(35)25-20-29-32(21(25)2)24-14-12-23(13-15-24)27(34)31-18-16-30(17-19-31)26(33)11-7-10-22-8-5-4-6-9-22/h4-6,8-9,12-15,20H,3,7,10-11,16-19H2,1-2H3. The van der Waals surface area contributed by atoms with E-state index in [0.717, 1.165) is 18.5 Å². The number of carbonyl (C=O) groups is 3. The highest BCUT2D eigenvalue weighted by Gasteiger charge is 2.25. The van der Waals surface area contributed by atoms with E-state index in [1.165, 1.54) is 11.8 Å². The Morgan fingerprint density at radius 1 is 0.917 bits per heavy atom. The normalized spacial score (nSPS) is 13.5. The van der Waals surface area contributed by atoms with E-state index in [1.807, 2.05) is 35.2 Å². The Morgan fingerprint density at radius 2 is 1.58 bits per heavy atom. The van der Waals surface area contributed by atoms with Gasteiger partial charge in [-0.3, -0.25) is 9.59 Å². The monoisotopic (exact) mass is 488 g/mol. The van der Waals surface area contributed by atoms with E-state index >= 15 is 0 Å². The number of aromatic nitrogens is 2. The van der Waals surface area contributed by atoms with Crippen LogP contribution in [0.2, 0.25) is 0 Å². The molecule has 1 aromatic heterocycles. The summed E-state index contributed by atoms with van der Waals surface area (Å²) < 4.78 is 6.72. The van der Waals surface area contributed by atoms with Crippen LogP contribution in [-0.4, -0.2) is 70.1 Å². The highest BCUT2D eigenvalue weighted by molar-refractivity contribution is 5.94. The summed E-state index contributed by atoms with van der Waals surface area (Å²) >= 11 is 0. The number of benzene rings is 2. The predicted molar refractivity (Wildman–Crippen MR) is 136 cm³/mol. The van der Waals surface area contributed by atoms with Crippen molar-refractivity contribution < 1.29 is 19.1 Å². The fraction of sp³-hybridized carbons (Fsp3) is 0.357. The van der Waals surface area contributed by atoms with Crippen LogP contribution in [0, 0.1) is 6.92 Å². The van der Waals surface area contributed by atoms with Crippen molar-refractivity contribution in [2.24, 2.45) is 0 Å². The number of ether oxygens (including phenoxy) is 1. The summed E-state index contributed by atoms with van der Waals surface area (Å²) in [5, 5.41) is 4.30. The van der Waals surface area contributed by atoms with Crippen molar-refractivity contribution in [1.29, 1.82) is 0 Å². The fourth-order valence-corrected chi connectivity index (χ4v) is 4.41. The van der Waals surface area contributed by atoms with Crippen molar-refractivity contribution in [3.05, 3.63) is 83.2 Å². The van der Waals surface area contributed by atoms with Gasteiger partial charge in [-0.2, -0.15) is 5.10 Å². The lowest BCUT2D eigenvalue weighted by Gasteiger charge is -2.35. The van der Waals surface area contributed by atoms with Gasteiger partial charge in [-0.1, -0.05) is 30.3 Å². The minimum Gasteiger partial charge on any atom is -0.462 e. The summed E-state index contributed by atoms with van der Waals surface area (Å²) in [7, 11) is 0. The highest BCUT2D eigenvalue weighted by atomic mass is 16.5. The van der Waals surface area contributed by atoms with Crippen LogP contribution in [0.5, 0.6) is 0 Å². The number of hydrogen-bond donors (Lipinski definition) is 0. The minimum absolute atomic E-state index is 0.0536. The summed E-state index contributed by atoms with van der Waals surface area (Å²) in [6.45, 7) is 6.02. The Balaban J connectivity index is 1.28. The second-order valence-corrected chi connectivity index (χ2v) is 8.83. The van der Waals surface area contributed by atoms with Gasteiger partial charge in [0.15, 0.2) is 0 Å². The smallest absolute Gasteiger partial charge is 0.341 e. The molecule has 1 aliphatic heterocycles. The second kappa shape index (κ2) is 11.7. The van der Waals surface area contributed by atoms with Crippen LogP contribution in [0.1, 0.15) is 51.7 Å². The lowest BCUT2D eigenvalue weighted by atomic mass is 10.1. The number of piperazine rings is 1. The van der Waals surface area contributed by atoms with Gasteiger partial charge in [-0.05, 0) is 56.5 Å². The molecular formula is C28H32N4O4. The predicted octanol–water partition coefficient (Wildman–Crippen LogP) is 3.66. The van der Waals surface area contributed by atoms with Crippen molar-refractivity contribution in [1.82, 2.24) is 19.6 Å². The topological polar surface area (TPSA) is 84.7 Å². The maximum absolute atomic E-state index is 13.0. The van der Waals surface area contributed by atoms with Crippen LogP contribution < -0.4 is 0 Å². The van der Waals surface area contributed by atoms with E-state index in [-0.39, 0.29) is 11.8 Å². The number of nitrogens with zero attached hydrogens (tertiary/aromatic N) is 4. The average Bonchev–Trinajstić information content (AvgIpc) is 3.30. The molecule has 36 heavy (non-hydrogen) atoms. The largest absolute Gasteiger partial charge is 0.462 e. The molecule has 2 amide bonds. The summed E-state index contributed by atoms with van der Waals surface area (Å²) in [5.74, 6) is -0.303. The molecule has 0 aliphatic carbocycles. The maximum Gasteiger partial charge on any atom is 0.341 e. The Morgan fingerprint density at radius 3 is 2.25 bits per heavy atom. The zero-order chi connectivity index (χ0) is 25.5. The molecule has 1 aliphatic rings. The molecule has 2 heterocycles. The molecule has 2 aromatic carbocycles. The zero-order valence-corrected chi connectivity index (χ0v) is 20.9. The quantitative estimate of drug-likeness (QED) is 0.452. The number of hydrogen-bond acceptors (Lipinski definition) is 5. The van der Waals surface area contributed by atoms with E-state index in [9.17, 15) is 14.4 Å². The number of esters is 1. The molecule has 1 fully saturated rings. The summed E-state index contributed by atoms with van der Waals surface area (Å²) in [5.41, 5.74) is 3.68. The van der Waals surface area contributed by atoms with Gasteiger partial charge in [0, 0.05) is 38.2 Å². The summed E-state index contributed by atoms with van der Waals surface area (Å²) in [6.07, 6.45) is 3.73. The van der Waals surface area contributed by atoms with Gasteiger partial charge >= 0.3 is 5.97 Å². The SMILES string of the molecule is CCOC(=O)c1cnn(-c2ccc(C(=O)N3CCN(C(=O)CCCc4ccccc4)CC3)cc2)c1C. The first-order chi connectivity index (χ1) is 17.5. The first-order valence-electron chi connectivity index (χ1n) is 12.4. The molecule has 0 saturated carbocycles. The molecule has 0 spiro atoms. The molecule has 0 radical (unpaired) electrons. The van der Waals surface area contributed by atoms with Crippen LogP contribution in [0.4, 0.5) is 0 Å². The first kappa shape index (κ1) is 25.2. The van der Waals surface area contributed by atoms with Gasteiger partial charge in [0.05, 0.1) is 24.2 Å². The lowest BCUT2D eigenvalue weighted by molar-refractivity contribution is -0.132. The van der Waals surface area contributed by atoms with Gasteiger partial charge in [0.2, 0.25) is 5.91 Å². The molecule has 4 rings (SSSR count). The molecule has 1 saturated heterocycles. The Kier molecular flexibility index (Phi) is 8.15. The molecule has 0 atom stereocenters. The van der Waals surface area contributed by atoms with Crippen molar-refractivity contribution in [2.45, 2.75) is 33.1 Å². The van der Waals surface area contributed by atoms with Crippen LogP contribution in [0.25, 0.3) is 5.69 Å². The molecule has 3 aromatic rings. The minimum atomic E-state index is -0.401. The summed E-state index contributed by atoms with van der Waals surface area (Å²) in [4.78, 5) is 41.3. The maximum atomic E-state index is 13.0. The van der Waals surface area contributed by atoms with E-state index in [1.54, 1.807) is 35.6 Å². The van der Waals surface area contributed by atoms with Crippen molar-refractivity contribution in [3.63, 3.8) is 0 Å². The Bertz CT molecular complexity index is 1200. The molecule has 188 valence electrons. The molecular weight excluding hydrogens is 456 g/mol. The van der Waals surface area contributed by atoms with Gasteiger partial charge < -0.3 is 14.5 Å². The third kappa shape index (κ3) is 5.82. The van der Waals surface area contributed by atoms with Crippen LogP contribution in [-0.2, 0) is 16.0 Å². The van der Waals surface area contributed by atoms with E-state index in [2.05, 4.69) is 17.2 Å². The third-order valence-electron chi connectivity index (χ3n) is 6.48. The first-order valence-corrected chi connectivity index (χ1v) is 12.4. The van der Waals surface area contributed by atoms with E-state index < -0.39 is 5.97 Å².